The summed E-state index contributed by atoms with van der Waals surface area (Å²) >= 11 is 6.01. The Morgan fingerprint density at radius 3 is 2.75 bits per heavy atom. The minimum Gasteiger partial charge on any atom is -0.391 e. The average Bonchev–Trinajstić information content (AvgIpc) is 3.03. The number of rotatable bonds is 5. The number of aromatic nitrogens is 2. The van der Waals surface area contributed by atoms with Gasteiger partial charge in [0.1, 0.15) is 18.1 Å². The topological polar surface area (TPSA) is 38.9 Å². The molecule has 6 heteroatoms. The predicted molar refractivity (Wildman–Crippen MR) is 109 cm³/mol. The highest BCUT2D eigenvalue weighted by Crippen LogP contribution is 2.25. The highest BCUT2D eigenvalue weighted by Gasteiger charge is 2.13. The molecule has 0 fully saturated rings. The van der Waals surface area contributed by atoms with E-state index in [0.717, 1.165) is 28.2 Å². The quantitative estimate of drug-likeness (QED) is 0.324. The summed E-state index contributed by atoms with van der Waals surface area (Å²) in [4.78, 5) is 10.1. The molecule has 0 saturated carbocycles. The van der Waals surface area contributed by atoms with Crippen LogP contribution in [0.3, 0.4) is 0 Å². The Balaban J connectivity index is 1.66. The van der Waals surface area contributed by atoms with Crippen molar-refractivity contribution in [3.8, 4) is 11.3 Å². The maximum absolute atomic E-state index is 13.3. The summed E-state index contributed by atoms with van der Waals surface area (Å²) < 4.78 is 15.2. The summed E-state index contributed by atoms with van der Waals surface area (Å²) in [6.45, 7) is 2.20. The molecule has 4 nitrogen and oxygen atoms in total. The van der Waals surface area contributed by atoms with E-state index >= 15 is 0 Å². The smallest absolute Gasteiger partial charge is 0.142 e. The van der Waals surface area contributed by atoms with Crippen LogP contribution in [-0.4, -0.2) is 15.6 Å². The molecule has 0 unspecified atom stereocenters. The van der Waals surface area contributed by atoms with Gasteiger partial charge in [0.2, 0.25) is 0 Å². The third-order valence-corrected chi connectivity index (χ3v) is 4.56. The first-order chi connectivity index (χ1) is 13.6. The van der Waals surface area contributed by atoms with Crippen molar-refractivity contribution in [2.75, 3.05) is 0 Å². The van der Waals surface area contributed by atoms with Gasteiger partial charge in [-0.05, 0) is 54.4 Å². The second-order valence-electron chi connectivity index (χ2n) is 6.42. The largest absolute Gasteiger partial charge is 0.391 e. The average molecular weight is 394 g/mol. The number of halogens is 2. The summed E-state index contributed by atoms with van der Waals surface area (Å²) in [7, 11) is 0. The molecule has 0 saturated heterocycles. The molecular formula is C22H17ClFN3O. The minimum atomic E-state index is -0.299. The molecule has 0 aliphatic heterocycles. The summed E-state index contributed by atoms with van der Waals surface area (Å²) in [6.07, 6.45) is 3.57. The molecule has 0 amide bonds. The molecule has 4 rings (SSSR count). The number of nitrogens with zero attached hydrogens (tertiary/aromatic N) is 3. The predicted octanol–water partition coefficient (Wildman–Crippen LogP) is 5.65. The Morgan fingerprint density at radius 2 is 1.96 bits per heavy atom. The fourth-order valence-electron chi connectivity index (χ4n) is 2.93. The second kappa shape index (κ2) is 7.82. The van der Waals surface area contributed by atoms with E-state index in [1.165, 1.54) is 12.1 Å². The molecule has 0 radical (unpaired) electrons. The Bertz CT molecular complexity index is 1150. The number of hydrogen-bond donors (Lipinski definition) is 0. The van der Waals surface area contributed by atoms with E-state index in [1.54, 1.807) is 18.3 Å². The van der Waals surface area contributed by atoms with Crippen molar-refractivity contribution in [1.29, 1.82) is 0 Å². The Morgan fingerprint density at radius 1 is 1.14 bits per heavy atom. The van der Waals surface area contributed by atoms with Crippen LogP contribution < -0.4 is 0 Å². The molecule has 140 valence electrons. The Kier molecular flexibility index (Phi) is 5.08. The van der Waals surface area contributed by atoms with Crippen molar-refractivity contribution in [2.45, 2.75) is 13.5 Å². The van der Waals surface area contributed by atoms with Crippen LogP contribution in [0.2, 0.25) is 5.02 Å². The monoisotopic (exact) mass is 393 g/mol. The second-order valence-corrected chi connectivity index (χ2v) is 6.86. The number of hydrogen-bond acceptors (Lipinski definition) is 3. The molecule has 4 aromatic rings. The summed E-state index contributed by atoms with van der Waals surface area (Å²) in [5.41, 5.74) is 5.14. The van der Waals surface area contributed by atoms with Crippen LogP contribution in [-0.2, 0) is 11.4 Å². The van der Waals surface area contributed by atoms with Crippen LogP contribution in [0, 0.1) is 12.7 Å². The van der Waals surface area contributed by atoms with E-state index in [9.17, 15) is 4.39 Å². The lowest BCUT2D eigenvalue weighted by molar-refractivity contribution is 0.132. The normalized spacial score (nSPS) is 11.4. The Labute approximate surface area is 166 Å². The number of oxime groups is 1. The third-order valence-electron chi connectivity index (χ3n) is 4.31. The van der Waals surface area contributed by atoms with Crippen LogP contribution in [0.25, 0.3) is 16.9 Å². The van der Waals surface area contributed by atoms with Crippen molar-refractivity contribution in [3.05, 3.63) is 94.5 Å². The van der Waals surface area contributed by atoms with Crippen molar-refractivity contribution in [2.24, 2.45) is 5.16 Å². The summed E-state index contributed by atoms with van der Waals surface area (Å²) in [5.74, 6) is -0.299. The number of imidazole rings is 1. The fraction of sp³-hybridized carbons (Fsp3) is 0.0909. The lowest BCUT2D eigenvalue weighted by Crippen LogP contribution is -1.95. The zero-order valence-corrected chi connectivity index (χ0v) is 15.9. The number of aryl methyl sites for hydroxylation is 1. The molecule has 0 spiro atoms. The van der Waals surface area contributed by atoms with Gasteiger partial charge in [0.25, 0.3) is 0 Å². The van der Waals surface area contributed by atoms with Gasteiger partial charge in [-0.15, -0.1) is 0 Å². The van der Waals surface area contributed by atoms with Crippen molar-refractivity contribution < 1.29 is 9.23 Å². The van der Waals surface area contributed by atoms with Crippen LogP contribution in [0.5, 0.6) is 0 Å². The molecule has 0 atom stereocenters. The van der Waals surface area contributed by atoms with E-state index < -0.39 is 0 Å². The first-order valence-electron chi connectivity index (χ1n) is 8.74. The highest BCUT2D eigenvalue weighted by atomic mass is 35.5. The minimum absolute atomic E-state index is 0.181. The van der Waals surface area contributed by atoms with Gasteiger partial charge in [0.05, 0.1) is 17.6 Å². The fourth-order valence-corrected chi connectivity index (χ4v) is 3.06. The molecule has 0 bridgehead atoms. The summed E-state index contributed by atoms with van der Waals surface area (Å²) in [5, 5.41) is 4.74. The van der Waals surface area contributed by atoms with Crippen LogP contribution >= 0.6 is 11.6 Å². The van der Waals surface area contributed by atoms with E-state index in [0.29, 0.717) is 10.6 Å². The maximum Gasteiger partial charge on any atom is 0.142 e. The van der Waals surface area contributed by atoms with Crippen molar-refractivity contribution in [1.82, 2.24) is 9.38 Å². The van der Waals surface area contributed by atoms with Gasteiger partial charge in [-0.3, -0.25) is 4.40 Å². The van der Waals surface area contributed by atoms with Gasteiger partial charge in [-0.25, -0.2) is 9.37 Å². The van der Waals surface area contributed by atoms with Gasteiger partial charge in [0, 0.05) is 16.8 Å². The molecular weight excluding hydrogens is 377 g/mol. The highest BCUT2D eigenvalue weighted by molar-refractivity contribution is 6.30. The summed E-state index contributed by atoms with van der Waals surface area (Å²) in [6, 6.07) is 17.7. The molecule has 0 aliphatic rings. The van der Waals surface area contributed by atoms with Crippen LogP contribution in [0.1, 0.15) is 16.8 Å². The van der Waals surface area contributed by atoms with Crippen LogP contribution in [0.15, 0.2) is 72.0 Å². The van der Waals surface area contributed by atoms with Gasteiger partial charge < -0.3 is 4.84 Å². The van der Waals surface area contributed by atoms with E-state index in [-0.39, 0.29) is 12.4 Å². The van der Waals surface area contributed by atoms with E-state index in [4.69, 9.17) is 21.4 Å². The standard InChI is InChI=1S/C22H17ClFN3O/c1-15-9-10-27-20(13-25-28-14-16-3-2-4-19(24)12-16)22(26-21(27)11-15)17-5-7-18(23)8-6-17/h2-13H,14H2,1H3/b25-13+. The number of fused-ring (bicyclic) bond motifs is 1. The first kappa shape index (κ1) is 18.2. The van der Waals surface area contributed by atoms with Gasteiger partial charge >= 0.3 is 0 Å². The lowest BCUT2D eigenvalue weighted by atomic mass is 10.1. The van der Waals surface area contributed by atoms with E-state index in [2.05, 4.69) is 5.16 Å². The lowest BCUT2D eigenvalue weighted by Gasteiger charge is -2.02. The SMILES string of the molecule is Cc1ccn2c(/C=N/OCc3cccc(F)c3)c(-c3ccc(Cl)cc3)nc2c1. The maximum atomic E-state index is 13.3. The molecule has 2 heterocycles. The molecule has 0 N–H and O–H groups in total. The van der Waals surface area contributed by atoms with E-state index in [1.807, 2.05) is 53.9 Å². The Hall–Kier alpha value is -3.18. The van der Waals surface area contributed by atoms with Crippen molar-refractivity contribution >= 4 is 23.5 Å². The van der Waals surface area contributed by atoms with Gasteiger partial charge in [-0.2, -0.15) is 0 Å². The zero-order chi connectivity index (χ0) is 19.5. The zero-order valence-electron chi connectivity index (χ0n) is 15.1. The van der Waals surface area contributed by atoms with Crippen molar-refractivity contribution in [3.63, 3.8) is 0 Å². The molecule has 2 aromatic carbocycles. The first-order valence-corrected chi connectivity index (χ1v) is 9.12. The third kappa shape index (κ3) is 3.89. The van der Waals surface area contributed by atoms with Gasteiger partial charge in [0.15, 0.2) is 0 Å². The van der Waals surface area contributed by atoms with Crippen LogP contribution in [0.4, 0.5) is 4.39 Å². The molecule has 2 aromatic heterocycles. The number of pyridine rings is 1. The van der Waals surface area contributed by atoms with Gasteiger partial charge in [-0.1, -0.05) is 41.0 Å². The number of benzene rings is 2. The molecule has 0 aliphatic carbocycles. The molecule has 28 heavy (non-hydrogen) atoms.